The van der Waals surface area contributed by atoms with Gasteiger partial charge in [-0.25, -0.2) is 4.98 Å². The topological polar surface area (TPSA) is 84.2 Å². The fourth-order valence-electron chi connectivity index (χ4n) is 2.89. The number of aromatic nitrogens is 1. The van der Waals surface area contributed by atoms with Crippen LogP contribution in [-0.2, 0) is 4.79 Å². The first-order valence-corrected chi connectivity index (χ1v) is 10.1. The molecule has 3 aromatic rings. The standard InChI is InChI=1S/C23H21N3O3S/c1-15-4-7-18(16(2)12-15)19-14-30-23(25-19)26-22(27)9-6-17-5-8-20(29-11-10-24)21(13-17)28-3/h4-9,12-14H,11H2,1-3H3,(H,25,26,27)/b9-6+. The van der Waals surface area contributed by atoms with Crippen molar-refractivity contribution in [3.05, 3.63) is 64.5 Å². The Labute approximate surface area is 179 Å². The molecule has 30 heavy (non-hydrogen) atoms. The van der Waals surface area contributed by atoms with Gasteiger partial charge in [-0.2, -0.15) is 5.26 Å². The van der Waals surface area contributed by atoms with Gasteiger partial charge in [-0.05, 0) is 43.2 Å². The smallest absolute Gasteiger partial charge is 0.250 e. The summed E-state index contributed by atoms with van der Waals surface area (Å²) in [6, 6.07) is 13.3. The van der Waals surface area contributed by atoms with Crippen LogP contribution >= 0.6 is 11.3 Å². The molecule has 1 N–H and O–H groups in total. The van der Waals surface area contributed by atoms with Crippen molar-refractivity contribution in [3.8, 4) is 28.8 Å². The molecular formula is C23H21N3O3S. The average molecular weight is 420 g/mol. The number of thiazole rings is 1. The molecule has 7 heteroatoms. The summed E-state index contributed by atoms with van der Waals surface area (Å²) in [4.78, 5) is 16.8. The first-order valence-electron chi connectivity index (χ1n) is 9.20. The fraction of sp³-hybridized carbons (Fsp3) is 0.174. The molecule has 0 aliphatic rings. The van der Waals surface area contributed by atoms with Gasteiger partial charge in [-0.1, -0.05) is 29.8 Å². The SMILES string of the molecule is COc1cc(/C=C/C(=O)Nc2nc(-c3ccc(C)cc3C)cs2)ccc1OCC#N. The van der Waals surface area contributed by atoms with Crippen LogP contribution in [-0.4, -0.2) is 24.6 Å². The Morgan fingerprint density at radius 3 is 2.80 bits per heavy atom. The predicted octanol–water partition coefficient (Wildman–Crippen LogP) is 4.99. The number of hydrogen-bond donors (Lipinski definition) is 1. The Morgan fingerprint density at radius 2 is 2.07 bits per heavy atom. The van der Waals surface area contributed by atoms with Crippen molar-refractivity contribution in [2.24, 2.45) is 0 Å². The summed E-state index contributed by atoms with van der Waals surface area (Å²) in [6.45, 7) is 4.04. The second-order valence-corrected chi connectivity index (χ2v) is 7.39. The maximum absolute atomic E-state index is 12.3. The van der Waals surface area contributed by atoms with Crippen LogP contribution in [0, 0.1) is 25.2 Å². The second kappa shape index (κ2) is 9.72. The number of anilines is 1. The lowest BCUT2D eigenvalue weighted by Gasteiger charge is -2.08. The Morgan fingerprint density at radius 1 is 1.23 bits per heavy atom. The van der Waals surface area contributed by atoms with E-state index in [-0.39, 0.29) is 12.5 Å². The highest BCUT2D eigenvalue weighted by Crippen LogP contribution is 2.29. The summed E-state index contributed by atoms with van der Waals surface area (Å²) in [5.74, 6) is 0.688. The highest BCUT2D eigenvalue weighted by atomic mass is 32.1. The number of nitrogens with zero attached hydrogens (tertiary/aromatic N) is 2. The molecule has 0 radical (unpaired) electrons. The van der Waals surface area contributed by atoms with E-state index in [1.807, 2.05) is 30.5 Å². The highest BCUT2D eigenvalue weighted by molar-refractivity contribution is 7.14. The number of nitrogens with one attached hydrogen (secondary N) is 1. The van der Waals surface area contributed by atoms with Crippen LogP contribution < -0.4 is 14.8 Å². The summed E-state index contributed by atoms with van der Waals surface area (Å²) in [6.07, 6.45) is 3.10. The molecule has 1 amide bonds. The van der Waals surface area contributed by atoms with Crippen molar-refractivity contribution in [2.75, 3.05) is 19.0 Å². The lowest BCUT2D eigenvalue weighted by atomic mass is 10.0. The molecule has 0 saturated carbocycles. The maximum atomic E-state index is 12.3. The molecule has 152 valence electrons. The molecule has 0 bridgehead atoms. The van der Waals surface area contributed by atoms with Crippen LogP contribution in [0.25, 0.3) is 17.3 Å². The van der Waals surface area contributed by atoms with Gasteiger partial charge in [-0.15, -0.1) is 11.3 Å². The van der Waals surface area contributed by atoms with Crippen molar-refractivity contribution < 1.29 is 14.3 Å². The minimum atomic E-state index is -0.277. The maximum Gasteiger partial charge on any atom is 0.250 e. The Hall–Kier alpha value is -3.63. The minimum Gasteiger partial charge on any atom is -0.493 e. The lowest BCUT2D eigenvalue weighted by Crippen LogP contribution is -2.07. The van der Waals surface area contributed by atoms with Crippen molar-refractivity contribution in [1.82, 2.24) is 4.98 Å². The molecule has 0 saturated heterocycles. The lowest BCUT2D eigenvalue weighted by molar-refractivity contribution is -0.111. The molecule has 2 aromatic carbocycles. The first kappa shape index (κ1) is 21.1. The monoisotopic (exact) mass is 419 g/mol. The average Bonchev–Trinajstić information content (AvgIpc) is 3.18. The van der Waals surface area contributed by atoms with Crippen molar-refractivity contribution >= 4 is 28.5 Å². The van der Waals surface area contributed by atoms with Crippen LogP contribution in [0.2, 0.25) is 0 Å². The number of carbonyl (C=O) groups excluding carboxylic acids is 1. The van der Waals surface area contributed by atoms with Gasteiger partial charge < -0.3 is 9.47 Å². The highest BCUT2D eigenvalue weighted by Gasteiger charge is 2.09. The van der Waals surface area contributed by atoms with Gasteiger partial charge in [0.2, 0.25) is 5.91 Å². The first-order chi connectivity index (χ1) is 14.5. The molecular weight excluding hydrogens is 398 g/mol. The zero-order chi connectivity index (χ0) is 21.5. The fourth-order valence-corrected chi connectivity index (χ4v) is 3.61. The number of nitriles is 1. The van der Waals surface area contributed by atoms with Crippen LogP contribution in [0.4, 0.5) is 5.13 Å². The van der Waals surface area contributed by atoms with E-state index in [2.05, 4.69) is 23.3 Å². The molecule has 0 aliphatic carbocycles. The number of ether oxygens (including phenoxy) is 2. The van der Waals surface area contributed by atoms with Gasteiger partial charge >= 0.3 is 0 Å². The second-order valence-electron chi connectivity index (χ2n) is 6.54. The Kier molecular flexibility index (Phi) is 6.83. The van der Waals surface area contributed by atoms with Crippen LogP contribution in [0.5, 0.6) is 11.5 Å². The van der Waals surface area contributed by atoms with Crippen molar-refractivity contribution in [1.29, 1.82) is 5.26 Å². The predicted molar refractivity (Wildman–Crippen MR) is 119 cm³/mol. The molecule has 1 heterocycles. The third-order valence-corrected chi connectivity index (χ3v) is 5.06. The number of hydrogen-bond acceptors (Lipinski definition) is 6. The number of amides is 1. The van der Waals surface area contributed by atoms with E-state index >= 15 is 0 Å². The summed E-state index contributed by atoms with van der Waals surface area (Å²) in [5.41, 5.74) is 5.01. The Bertz CT molecular complexity index is 1130. The van der Waals surface area contributed by atoms with Gasteiger partial charge in [0.15, 0.2) is 23.2 Å². The number of rotatable bonds is 7. The van der Waals surface area contributed by atoms with E-state index in [0.29, 0.717) is 16.6 Å². The molecule has 0 spiro atoms. The van der Waals surface area contributed by atoms with E-state index in [1.54, 1.807) is 24.3 Å². The van der Waals surface area contributed by atoms with Crippen molar-refractivity contribution in [3.63, 3.8) is 0 Å². The Balaban J connectivity index is 1.67. The van der Waals surface area contributed by atoms with Crippen LogP contribution in [0.1, 0.15) is 16.7 Å². The molecule has 0 unspecified atom stereocenters. The van der Waals surface area contributed by atoms with Gasteiger partial charge in [0, 0.05) is 17.0 Å². The third-order valence-electron chi connectivity index (χ3n) is 4.30. The van der Waals surface area contributed by atoms with Crippen LogP contribution in [0.15, 0.2) is 47.9 Å². The zero-order valence-electron chi connectivity index (χ0n) is 16.9. The van der Waals surface area contributed by atoms with E-state index < -0.39 is 0 Å². The summed E-state index contributed by atoms with van der Waals surface area (Å²) < 4.78 is 10.6. The van der Waals surface area contributed by atoms with E-state index in [1.165, 1.54) is 30.1 Å². The molecule has 0 atom stereocenters. The van der Waals surface area contributed by atoms with E-state index in [4.69, 9.17) is 14.7 Å². The van der Waals surface area contributed by atoms with Gasteiger partial charge in [-0.3, -0.25) is 10.1 Å². The molecule has 0 aliphatic heterocycles. The largest absolute Gasteiger partial charge is 0.493 e. The van der Waals surface area contributed by atoms with Crippen molar-refractivity contribution in [2.45, 2.75) is 13.8 Å². The molecule has 3 rings (SSSR count). The molecule has 6 nitrogen and oxygen atoms in total. The van der Waals surface area contributed by atoms with E-state index in [0.717, 1.165) is 22.4 Å². The summed E-state index contributed by atoms with van der Waals surface area (Å²) in [5, 5.41) is 13.9. The summed E-state index contributed by atoms with van der Waals surface area (Å²) >= 11 is 1.38. The quantitative estimate of drug-likeness (QED) is 0.546. The number of benzene rings is 2. The summed E-state index contributed by atoms with van der Waals surface area (Å²) in [7, 11) is 1.52. The van der Waals surface area contributed by atoms with E-state index in [9.17, 15) is 4.79 Å². The normalized spacial score (nSPS) is 10.6. The van der Waals surface area contributed by atoms with Gasteiger partial charge in [0.25, 0.3) is 0 Å². The molecule has 0 fully saturated rings. The minimum absolute atomic E-state index is 0.0636. The zero-order valence-corrected chi connectivity index (χ0v) is 17.7. The number of methoxy groups -OCH3 is 1. The van der Waals surface area contributed by atoms with Gasteiger partial charge in [0.05, 0.1) is 12.8 Å². The molecule has 1 aromatic heterocycles. The van der Waals surface area contributed by atoms with Crippen LogP contribution in [0.3, 0.4) is 0 Å². The third kappa shape index (κ3) is 5.25. The number of aryl methyl sites for hydroxylation is 2. The number of carbonyl (C=O) groups is 1. The van der Waals surface area contributed by atoms with Gasteiger partial charge in [0.1, 0.15) is 6.07 Å².